The number of carbonyl (C=O) groups is 3. The maximum Gasteiger partial charge on any atom is 0.255 e. The van der Waals surface area contributed by atoms with Gasteiger partial charge in [-0.25, -0.2) is 0 Å². The number of nitrogens with zero attached hydrogens (tertiary/aromatic N) is 1. The predicted octanol–water partition coefficient (Wildman–Crippen LogP) is 3.66. The van der Waals surface area contributed by atoms with Crippen LogP contribution in [0.4, 0.5) is 11.4 Å². The quantitative estimate of drug-likeness (QED) is 0.731. The highest BCUT2D eigenvalue weighted by molar-refractivity contribution is 6.04. The van der Waals surface area contributed by atoms with E-state index in [9.17, 15) is 14.4 Å². The van der Waals surface area contributed by atoms with Crippen molar-refractivity contribution >= 4 is 29.1 Å². The summed E-state index contributed by atoms with van der Waals surface area (Å²) in [6.07, 6.45) is 0.527. The zero-order chi connectivity index (χ0) is 21.8. The Hall–Kier alpha value is -3.35. The molecule has 0 fully saturated rings. The highest BCUT2D eigenvalue weighted by atomic mass is 16.5. The highest BCUT2D eigenvalue weighted by Crippen LogP contribution is 2.31. The fourth-order valence-electron chi connectivity index (χ4n) is 3.65. The van der Waals surface area contributed by atoms with Crippen molar-refractivity contribution in [3.8, 4) is 5.75 Å². The molecular weight excluding hydrogens is 382 g/mol. The maximum atomic E-state index is 13.3. The Balaban J connectivity index is 1.87. The number of benzene rings is 2. The monoisotopic (exact) mass is 409 g/mol. The lowest BCUT2D eigenvalue weighted by Gasteiger charge is -2.28. The standard InChI is InChI=1S/C23H27N3O4/c1-14(2)11-20(26-13-16-7-5-6-8-18(16)23(26)29)22(28)25-19-12-17(24-15(3)27)9-10-21(19)30-4/h5-10,12,14,20H,11,13H2,1-4H3,(H,24,27)(H,25,28)/t20-/m0/s1. The Morgan fingerprint density at radius 1 is 1.13 bits per heavy atom. The topological polar surface area (TPSA) is 87.7 Å². The van der Waals surface area contributed by atoms with Crippen LogP contribution in [0.25, 0.3) is 0 Å². The fraction of sp³-hybridized carbons (Fsp3) is 0.348. The van der Waals surface area contributed by atoms with Gasteiger partial charge in [0.25, 0.3) is 5.91 Å². The first-order chi connectivity index (χ1) is 14.3. The maximum absolute atomic E-state index is 13.3. The molecule has 7 nitrogen and oxygen atoms in total. The average molecular weight is 409 g/mol. The van der Waals surface area contributed by atoms with Gasteiger partial charge in [0.2, 0.25) is 11.8 Å². The molecule has 30 heavy (non-hydrogen) atoms. The molecule has 2 aromatic rings. The van der Waals surface area contributed by atoms with Gasteiger partial charge in [0, 0.05) is 24.7 Å². The number of methoxy groups -OCH3 is 1. The second-order valence-corrected chi connectivity index (χ2v) is 7.82. The molecule has 0 aliphatic carbocycles. The van der Waals surface area contributed by atoms with Crippen molar-refractivity contribution in [1.29, 1.82) is 0 Å². The first-order valence-corrected chi connectivity index (χ1v) is 9.95. The Kier molecular flexibility index (Phi) is 6.40. The third kappa shape index (κ3) is 4.62. The Morgan fingerprint density at radius 2 is 1.87 bits per heavy atom. The minimum absolute atomic E-state index is 0.134. The molecule has 1 heterocycles. The van der Waals surface area contributed by atoms with Gasteiger partial charge in [0.15, 0.2) is 0 Å². The van der Waals surface area contributed by atoms with Crippen molar-refractivity contribution in [2.24, 2.45) is 5.92 Å². The molecule has 1 aliphatic heterocycles. The van der Waals surface area contributed by atoms with Gasteiger partial charge in [-0.2, -0.15) is 0 Å². The van der Waals surface area contributed by atoms with Crippen LogP contribution in [0.3, 0.4) is 0 Å². The van der Waals surface area contributed by atoms with Crippen LogP contribution < -0.4 is 15.4 Å². The van der Waals surface area contributed by atoms with E-state index in [4.69, 9.17) is 4.74 Å². The molecule has 1 aliphatic rings. The number of carbonyl (C=O) groups excluding carboxylic acids is 3. The highest BCUT2D eigenvalue weighted by Gasteiger charge is 2.36. The molecule has 1 atom stereocenters. The van der Waals surface area contributed by atoms with E-state index in [2.05, 4.69) is 10.6 Å². The van der Waals surface area contributed by atoms with Crippen molar-refractivity contribution in [2.75, 3.05) is 17.7 Å². The van der Waals surface area contributed by atoms with Crippen molar-refractivity contribution < 1.29 is 19.1 Å². The summed E-state index contributed by atoms with van der Waals surface area (Å²) in [5.41, 5.74) is 2.55. The van der Waals surface area contributed by atoms with E-state index >= 15 is 0 Å². The molecule has 2 N–H and O–H groups in total. The molecule has 158 valence electrons. The summed E-state index contributed by atoms with van der Waals surface area (Å²) in [5.74, 6) is 0.0469. The number of hydrogen-bond acceptors (Lipinski definition) is 4. The predicted molar refractivity (Wildman–Crippen MR) is 115 cm³/mol. The normalized spacial score (nSPS) is 13.8. The molecule has 0 aromatic heterocycles. The van der Waals surface area contributed by atoms with Crippen molar-refractivity contribution in [2.45, 2.75) is 39.8 Å². The average Bonchev–Trinajstić information content (AvgIpc) is 3.02. The second kappa shape index (κ2) is 8.98. The van der Waals surface area contributed by atoms with E-state index in [0.29, 0.717) is 35.7 Å². The van der Waals surface area contributed by atoms with Gasteiger partial charge in [-0.3, -0.25) is 14.4 Å². The number of hydrogen-bond donors (Lipinski definition) is 2. The summed E-state index contributed by atoms with van der Waals surface area (Å²) < 4.78 is 5.36. The number of anilines is 2. The molecule has 0 radical (unpaired) electrons. The number of fused-ring (bicyclic) bond motifs is 1. The van der Waals surface area contributed by atoms with Crippen LogP contribution in [0.5, 0.6) is 5.75 Å². The summed E-state index contributed by atoms with van der Waals surface area (Å²) in [6.45, 7) is 5.86. The first-order valence-electron chi connectivity index (χ1n) is 9.95. The largest absolute Gasteiger partial charge is 0.495 e. The number of rotatable bonds is 7. The number of amides is 3. The smallest absolute Gasteiger partial charge is 0.255 e. The first kappa shape index (κ1) is 21.4. The van der Waals surface area contributed by atoms with Gasteiger partial charge in [0.1, 0.15) is 11.8 Å². The van der Waals surface area contributed by atoms with E-state index in [-0.39, 0.29) is 23.6 Å². The van der Waals surface area contributed by atoms with Crippen LogP contribution >= 0.6 is 0 Å². The number of ether oxygens (including phenoxy) is 1. The van der Waals surface area contributed by atoms with E-state index in [1.165, 1.54) is 14.0 Å². The molecular formula is C23H27N3O4. The van der Waals surface area contributed by atoms with Gasteiger partial charge in [-0.05, 0) is 42.2 Å². The Morgan fingerprint density at radius 3 is 2.50 bits per heavy atom. The van der Waals surface area contributed by atoms with Gasteiger partial charge < -0.3 is 20.3 Å². The summed E-state index contributed by atoms with van der Waals surface area (Å²) in [5, 5.41) is 5.59. The van der Waals surface area contributed by atoms with Crippen molar-refractivity contribution in [3.05, 3.63) is 53.6 Å². The SMILES string of the molecule is COc1ccc(NC(C)=O)cc1NC(=O)[C@H](CC(C)C)N1Cc2ccccc2C1=O. The third-order valence-corrected chi connectivity index (χ3v) is 5.00. The summed E-state index contributed by atoms with van der Waals surface area (Å²) in [7, 11) is 1.51. The van der Waals surface area contributed by atoms with E-state index < -0.39 is 6.04 Å². The third-order valence-electron chi connectivity index (χ3n) is 5.00. The van der Waals surface area contributed by atoms with E-state index in [1.54, 1.807) is 29.2 Å². The molecule has 7 heteroatoms. The number of nitrogens with one attached hydrogen (secondary N) is 2. The van der Waals surface area contributed by atoms with Crippen LogP contribution in [0.2, 0.25) is 0 Å². The lowest BCUT2D eigenvalue weighted by molar-refractivity contribution is -0.121. The Bertz CT molecular complexity index is 971. The van der Waals surface area contributed by atoms with Crippen LogP contribution in [0.1, 0.15) is 43.1 Å². The van der Waals surface area contributed by atoms with Gasteiger partial charge in [-0.1, -0.05) is 32.0 Å². The lowest BCUT2D eigenvalue weighted by Crippen LogP contribution is -2.45. The summed E-state index contributed by atoms with van der Waals surface area (Å²) in [6, 6.07) is 11.8. The van der Waals surface area contributed by atoms with E-state index in [0.717, 1.165) is 5.56 Å². The molecule has 0 bridgehead atoms. The van der Waals surface area contributed by atoms with Crippen molar-refractivity contribution in [1.82, 2.24) is 4.90 Å². The van der Waals surface area contributed by atoms with Gasteiger partial charge >= 0.3 is 0 Å². The van der Waals surface area contributed by atoms with Crippen LogP contribution in [0.15, 0.2) is 42.5 Å². The van der Waals surface area contributed by atoms with Crippen LogP contribution in [-0.2, 0) is 16.1 Å². The lowest BCUT2D eigenvalue weighted by atomic mass is 10.0. The molecule has 2 aromatic carbocycles. The summed E-state index contributed by atoms with van der Waals surface area (Å²) in [4.78, 5) is 39.2. The molecule has 0 saturated carbocycles. The Labute approximate surface area is 176 Å². The molecule has 3 amide bonds. The van der Waals surface area contributed by atoms with E-state index in [1.807, 2.05) is 32.0 Å². The molecule has 3 rings (SSSR count). The second-order valence-electron chi connectivity index (χ2n) is 7.82. The van der Waals surface area contributed by atoms with Crippen molar-refractivity contribution in [3.63, 3.8) is 0 Å². The van der Waals surface area contributed by atoms with Gasteiger partial charge in [-0.15, -0.1) is 0 Å². The summed E-state index contributed by atoms with van der Waals surface area (Å²) >= 11 is 0. The molecule has 0 unspecified atom stereocenters. The molecule has 0 saturated heterocycles. The zero-order valence-electron chi connectivity index (χ0n) is 17.7. The van der Waals surface area contributed by atoms with Crippen LogP contribution in [-0.4, -0.2) is 35.8 Å². The van der Waals surface area contributed by atoms with Gasteiger partial charge in [0.05, 0.1) is 12.8 Å². The fourth-order valence-corrected chi connectivity index (χ4v) is 3.65. The zero-order valence-corrected chi connectivity index (χ0v) is 17.7. The van der Waals surface area contributed by atoms with Crippen LogP contribution in [0, 0.1) is 5.92 Å². The molecule has 0 spiro atoms. The minimum atomic E-state index is -0.626. The minimum Gasteiger partial charge on any atom is -0.495 e.